The molecule has 4 nitrogen and oxygen atoms in total. The van der Waals surface area contributed by atoms with Gasteiger partial charge in [-0.15, -0.1) is 0 Å². The summed E-state index contributed by atoms with van der Waals surface area (Å²) >= 11 is 1.53. The molecule has 0 spiro atoms. The predicted octanol–water partition coefficient (Wildman–Crippen LogP) is 3.76. The van der Waals surface area contributed by atoms with Crippen LogP contribution in [0.3, 0.4) is 0 Å². The van der Waals surface area contributed by atoms with Crippen LogP contribution in [0.2, 0.25) is 0 Å². The lowest BCUT2D eigenvalue weighted by atomic mass is 10.1. The van der Waals surface area contributed by atoms with Crippen molar-refractivity contribution < 1.29 is 14.3 Å². The van der Waals surface area contributed by atoms with E-state index in [1.54, 1.807) is 6.20 Å². The summed E-state index contributed by atoms with van der Waals surface area (Å²) in [6.07, 6.45) is 2.78. The van der Waals surface area contributed by atoms with Crippen molar-refractivity contribution in [2.24, 2.45) is 0 Å². The van der Waals surface area contributed by atoms with E-state index >= 15 is 0 Å². The molecule has 0 radical (unpaired) electrons. The summed E-state index contributed by atoms with van der Waals surface area (Å²) in [6, 6.07) is 7.76. The lowest BCUT2D eigenvalue weighted by Crippen LogP contribution is -2.15. The SMILES string of the molecule is CCc1cccc2c(C(=O)COC(=O)Cc3ccsc3)c[nH]c12. The van der Waals surface area contributed by atoms with Crippen LogP contribution in [0.4, 0.5) is 0 Å². The highest BCUT2D eigenvalue weighted by atomic mass is 32.1. The van der Waals surface area contributed by atoms with E-state index in [2.05, 4.69) is 11.9 Å². The molecule has 0 saturated heterocycles. The zero-order valence-electron chi connectivity index (χ0n) is 12.8. The minimum Gasteiger partial charge on any atom is -0.457 e. The Morgan fingerprint density at radius 3 is 2.87 bits per heavy atom. The number of H-pyrrole nitrogens is 1. The lowest BCUT2D eigenvalue weighted by molar-refractivity contribution is -0.141. The summed E-state index contributed by atoms with van der Waals surface area (Å²) in [6.45, 7) is 1.84. The molecule has 0 aliphatic carbocycles. The summed E-state index contributed by atoms with van der Waals surface area (Å²) < 4.78 is 5.11. The van der Waals surface area contributed by atoms with Gasteiger partial charge in [0.1, 0.15) is 0 Å². The summed E-state index contributed by atoms with van der Waals surface area (Å²) in [5.41, 5.74) is 3.62. The normalized spacial score (nSPS) is 10.8. The average molecular weight is 327 g/mol. The number of aryl methyl sites for hydroxylation is 1. The van der Waals surface area contributed by atoms with Gasteiger partial charge in [-0.25, -0.2) is 0 Å². The van der Waals surface area contributed by atoms with E-state index in [1.807, 2.05) is 35.0 Å². The van der Waals surface area contributed by atoms with Gasteiger partial charge in [-0.1, -0.05) is 25.1 Å². The predicted molar refractivity (Wildman–Crippen MR) is 91.0 cm³/mol. The number of thiophene rings is 1. The Bertz CT molecular complexity index is 833. The van der Waals surface area contributed by atoms with E-state index in [1.165, 1.54) is 11.3 Å². The Morgan fingerprint density at radius 1 is 1.26 bits per heavy atom. The molecule has 2 heterocycles. The summed E-state index contributed by atoms with van der Waals surface area (Å²) in [4.78, 5) is 27.3. The van der Waals surface area contributed by atoms with Crippen LogP contribution in [0.25, 0.3) is 10.9 Å². The number of carbonyl (C=O) groups is 2. The van der Waals surface area contributed by atoms with Crippen LogP contribution in [-0.2, 0) is 22.4 Å². The monoisotopic (exact) mass is 327 g/mol. The van der Waals surface area contributed by atoms with Crippen LogP contribution in [0, 0.1) is 0 Å². The molecular formula is C18H17NO3S. The fraction of sp³-hybridized carbons (Fsp3) is 0.222. The Hall–Kier alpha value is -2.40. The number of rotatable bonds is 6. The Balaban J connectivity index is 1.68. The van der Waals surface area contributed by atoms with Crippen molar-refractivity contribution in [2.75, 3.05) is 6.61 Å². The molecular weight excluding hydrogens is 310 g/mol. The molecule has 0 aliphatic rings. The molecule has 1 N–H and O–H groups in total. The van der Waals surface area contributed by atoms with Crippen molar-refractivity contribution in [3.05, 3.63) is 57.9 Å². The number of nitrogens with one attached hydrogen (secondary N) is 1. The van der Waals surface area contributed by atoms with Crippen molar-refractivity contribution in [3.63, 3.8) is 0 Å². The van der Waals surface area contributed by atoms with Gasteiger partial charge in [0.15, 0.2) is 6.61 Å². The maximum absolute atomic E-state index is 12.3. The number of hydrogen-bond acceptors (Lipinski definition) is 4. The fourth-order valence-corrected chi connectivity index (χ4v) is 3.25. The van der Waals surface area contributed by atoms with Crippen molar-refractivity contribution in [1.29, 1.82) is 0 Å². The summed E-state index contributed by atoms with van der Waals surface area (Å²) in [5.74, 6) is -0.575. The molecule has 118 valence electrons. The summed E-state index contributed by atoms with van der Waals surface area (Å²) in [5, 5.41) is 4.68. The third-order valence-electron chi connectivity index (χ3n) is 3.78. The van der Waals surface area contributed by atoms with Crippen molar-refractivity contribution in [2.45, 2.75) is 19.8 Å². The molecule has 1 aromatic carbocycles. The number of esters is 1. The third kappa shape index (κ3) is 3.35. The van der Waals surface area contributed by atoms with Gasteiger partial charge in [-0.3, -0.25) is 9.59 Å². The highest BCUT2D eigenvalue weighted by Crippen LogP contribution is 2.22. The molecule has 3 rings (SSSR count). The van der Waals surface area contributed by atoms with Gasteiger partial charge in [-0.2, -0.15) is 11.3 Å². The lowest BCUT2D eigenvalue weighted by Gasteiger charge is -2.04. The van der Waals surface area contributed by atoms with Crippen LogP contribution < -0.4 is 0 Å². The van der Waals surface area contributed by atoms with Crippen LogP contribution in [0.15, 0.2) is 41.2 Å². The van der Waals surface area contributed by atoms with Gasteiger partial charge >= 0.3 is 5.97 Å². The first-order valence-electron chi connectivity index (χ1n) is 7.48. The standard InChI is InChI=1S/C18H17NO3S/c1-2-13-4-3-5-14-15(9-19-18(13)14)16(20)10-22-17(21)8-12-6-7-23-11-12/h3-7,9,11,19H,2,8,10H2,1H3. The highest BCUT2D eigenvalue weighted by molar-refractivity contribution is 7.07. The van der Waals surface area contributed by atoms with E-state index < -0.39 is 0 Å². The first kappa shape index (κ1) is 15.5. The molecule has 0 atom stereocenters. The zero-order valence-corrected chi connectivity index (χ0v) is 13.6. The smallest absolute Gasteiger partial charge is 0.310 e. The number of para-hydroxylation sites is 1. The number of Topliss-reactive ketones (excluding diaryl/α,β-unsaturated/α-hetero) is 1. The molecule has 5 heteroatoms. The van der Waals surface area contributed by atoms with Crippen molar-refractivity contribution >= 4 is 34.0 Å². The minimum absolute atomic E-state index is 0.192. The Kier molecular flexibility index (Phi) is 4.57. The second-order valence-electron chi connectivity index (χ2n) is 5.29. The molecule has 0 bridgehead atoms. The zero-order chi connectivity index (χ0) is 16.2. The first-order valence-corrected chi connectivity index (χ1v) is 8.42. The van der Waals surface area contributed by atoms with Crippen molar-refractivity contribution in [3.8, 4) is 0 Å². The van der Waals surface area contributed by atoms with Gasteiger partial charge in [-0.05, 0) is 34.4 Å². The highest BCUT2D eigenvalue weighted by Gasteiger charge is 2.15. The van der Waals surface area contributed by atoms with E-state index in [-0.39, 0.29) is 24.8 Å². The van der Waals surface area contributed by atoms with E-state index in [4.69, 9.17) is 4.74 Å². The van der Waals surface area contributed by atoms with Crippen LogP contribution in [0.1, 0.15) is 28.4 Å². The molecule has 2 aromatic heterocycles. The molecule has 0 aliphatic heterocycles. The number of ketones is 1. The number of ether oxygens (including phenoxy) is 1. The number of fused-ring (bicyclic) bond motifs is 1. The molecule has 0 amide bonds. The molecule has 23 heavy (non-hydrogen) atoms. The third-order valence-corrected chi connectivity index (χ3v) is 4.51. The molecule has 0 unspecified atom stereocenters. The van der Waals surface area contributed by atoms with Crippen LogP contribution in [-0.4, -0.2) is 23.3 Å². The van der Waals surface area contributed by atoms with E-state index in [9.17, 15) is 9.59 Å². The largest absolute Gasteiger partial charge is 0.457 e. The number of carbonyl (C=O) groups excluding carboxylic acids is 2. The van der Waals surface area contributed by atoms with E-state index in [0.29, 0.717) is 5.56 Å². The maximum atomic E-state index is 12.3. The van der Waals surface area contributed by atoms with Gasteiger partial charge < -0.3 is 9.72 Å². The topological polar surface area (TPSA) is 59.2 Å². The summed E-state index contributed by atoms with van der Waals surface area (Å²) in [7, 11) is 0. The van der Waals surface area contributed by atoms with Crippen LogP contribution in [0.5, 0.6) is 0 Å². The Morgan fingerprint density at radius 2 is 2.13 bits per heavy atom. The van der Waals surface area contributed by atoms with Crippen molar-refractivity contribution in [1.82, 2.24) is 4.98 Å². The molecule has 3 aromatic rings. The van der Waals surface area contributed by atoms with E-state index in [0.717, 1.165) is 28.5 Å². The fourth-order valence-electron chi connectivity index (χ4n) is 2.58. The number of aromatic nitrogens is 1. The molecule has 0 fully saturated rings. The number of benzene rings is 1. The first-order chi connectivity index (χ1) is 11.2. The van der Waals surface area contributed by atoms with Gasteiger partial charge in [0.2, 0.25) is 5.78 Å². The number of hydrogen-bond donors (Lipinski definition) is 1. The Labute approximate surface area is 138 Å². The van der Waals surface area contributed by atoms with Gasteiger partial charge in [0.05, 0.1) is 6.42 Å². The quantitative estimate of drug-likeness (QED) is 0.554. The minimum atomic E-state index is -0.383. The average Bonchev–Trinajstić information content (AvgIpc) is 3.21. The number of aromatic amines is 1. The van der Waals surface area contributed by atoms with Gasteiger partial charge in [0.25, 0.3) is 0 Å². The maximum Gasteiger partial charge on any atom is 0.310 e. The second-order valence-corrected chi connectivity index (χ2v) is 6.07. The second kappa shape index (κ2) is 6.79. The molecule has 0 saturated carbocycles. The van der Waals surface area contributed by atoms with Crippen LogP contribution >= 0.6 is 11.3 Å². The van der Waals surface area contributed by atoms with Gasteiger partial charge in [0, 0.05) is 22.7 Å².